The largest absolute Gasteiger partial charge is 0.244 e. The molecule has 0 aliphatic carbocycles. The van der Waals surface area contributed by atoms with Crippen molar-refractivity contribution in [1.29, 1.82) is 0 Å². The molecule has 0 atom stereocenters. The van der Waals surface area contributed by atoms with Crippen LogP contribution in [0.2, 0.25) is 0 Å². The first kappa shape index (κ1) is 28.8. The fraction of sp³-hybridized carbons (Fsp3) is 0. The van der Waals surface area contributed by atoms with Crippen LogP contribution in [-0.4, -0.2) is 6.71 Å². The maximum absolute atomic E-state index is 2.62. The van der Waals surface area contributed by atoms with E-state index < -0.39 is 0 Å². The van der Waals surface area contributed by atoms with E-state index in [0.29, 0.717) is 0 Å². The number of thiophene rings is 4. The number of rotatable bonds is 0. The zero-order valence-corrected chi connectivity index (χ0v) is 32.3. The zero-order chi connectivity index (χ0) is 35.3. The normalized spacial score (nSPS) is 13.4. The van der Waals surface area contributed by atoms with Gasteiger partial charge in [0.1, 0.15) is 0 Å². The second-order valence-corrected chi connectivity index (χ2v) is 19.6. The van der Waals surface area contributed by atoms with Crippen molar-refractivity contribution in [2.75, 3.05) is 0 Å². The van der Waals surface area contributed by atoms with E-state index in [0.717, 1.165) is 0 Å². The molecule has 0 amide bonds. The van der Waals surface area contributed by atoms with Gasteiger partial charge in [0.15, 0.2) is 0 Å². The van der Waals surface area contributed by atoms with Crippen molar-refractivity contribution in [2.24, 2.45) is 0 Å². The monoisotopic (exact) mass is 762 g/mol. The molecule has 0 saturated carbocycles. The van der Waals surface area contributed by atoms with Crippen LogP contribution in [0, 0.1) is 0 Å². The minimum atomic E-state index is 0.112. The summed E-state index contributed by atoms with van der Waals surface area (Å²) in [6, 6.07) is 53.8. The molecule has 0 nitrogen and oxygen atoms in total. The molecule has 0 radical (unpaired) electrons. The van der Waals surface area contributed by atoms with Gasteiger partial charge in [0.2, 0.25) is 6.71 Å². The minimum absolute atomic E-state index is 0.112. The molecular weight excluding hydrogens is 740 g/mol. The molecule has 6 heterocycles. The Morgan fingerprint density at radius 1 is 0.291 bits per heavy atom. The Bertz CT molecular complexity index is 3690. The summed E-state index contributed by atoms with van der Waals surface area (Å²) in [5, 5.41) is 16.8. The summed E-state index contributed by atoms with van der Waals surface area (Å²) < 4.78 is 11.1. The summed E-state index contributed by atoms with van der Waals surface area (Å²) in [5.74, 6) is 0. The van der Waals surface area contributed by atoms with Crippen LogP contribution in [0.15, 0.2) is 140 Å². The summed E-state index contributed by atoms with van der Waals surface area (Å²) in [6.45, 7) is 0.112. The quantitative estimate of drug-likeness (QED) is 0.135. The van der Waals surface area contributed by atoms with Crippen LogP contribution < -0.4 is 16.4 Å². The fourth-order valence-electron chi connectivity index (χ4n) is 10.7. The third-order valence-corrected chi connectivity index (χ3v) is 17.7. The van der Waals surface area contributed by atoms with E-state index in [1.165, 1.54) is 141 Å². The van der Waals surface area contributed by atoms with Gasteiger partial charge in [-0.05, 0) is 69.4 Å². The van der Waals surface area contributed by atoms with Gasteiger partial charge < -0.3 is 0 Å². The van der Waals surface area contributed by atoms with Crippen molar-refractivity contribution in [1.82, 2.24) is 0 Å². The fourth-order valence-corrected chi connectivity index (χ4v) is 15.8. The van der Waals surface area contributed by atoms with E-state index >= 15 is 0 Å². The molecule has 2 aliphatic rings. The van der Waals surface area contributed by atoms with Crippen LogP contribution in [0.3, 0.4) is 0 Å². The Morgan fingerprint density at radius 3 is 1.02 bits per heavy atom. The van der Waals surface area contributed by atoms with E-state index in [9.17, 15) is 0 Å². The smallest absolute Gasteiger partial charge is 0.134 e. The lowest BCUT2D eigenvalue weighted by Gasteiger charge is -2.34. The molecule has 2 aliphatic heterocycles. The van der Waals surface area contributed by atoms with E-state index in [1.807, 2.05) is 45.3 Å². The van der Waals surface area contributed by atoms with Crippen molar-refractivity contribution in [2.45, 2.75) is 0 Å². The highest BCUT2D eigenvalue weighted by Gasteiger charge is 2.41. The first-order chi connectivity index (χ1) is 27.3. The lowest BCUT2D eigenvalue weighted by atomic mass is 9.31. The predicted molar refractivity (Wildman–Crippen MR) is 249 cm³/mol. The molecule has 0 N–H and O–H groups in total. The lowest BCUT2D eigenvalue weighted by molar-refractivity contribution is 1.67. The molecule has 9 aromatic carbocycles. The number of fused-ring (bicyclic) bond motifs is 20. The molecule has 250 valence electrons. The van der Waals surface area contributed by atoms with E-state index in [-0.39, 0.29) is 6.71 Å². The van der Waals surface area contributed by atoms with Gasteiger partial charge in [-0.2, -0.15) is 0 Å². The van der Waals surface area contributed by atoms with Crippen molar-refractivity contribution < 1.29 is 0 Å². The van der Waals surface area contributed by atoms with Crippen molar-refractivity contribution in [3.63, 3.8) is 0 Å². The Balaban J connectivity index is 1.22. The number of benzene rings is 9. The van der Waals surface area contributed by atoms with Gasteiger partial charge in [0.05, 0.1) is 0 Å². The van der Waals surface area contributed by atoms with Crippen LogP contribution in [0.5, 0.6) is 0 Å². The molecule has 0 saturated heterocycles. The SMILES string of the molecule is c1cc2c3c(c1)-c1cc4c5ccccc5sc4c4c1c(cc1c5ccccc5sc14)B3c1cc3c4ccccc4sc3c3c1c-2cc1c2ccccc2sc13. The third kappa shape index (κ3) is 3.36. The summed E-state index contributed by atoms with van der Waals surface area (Å²) in [4.78, 5) is 0. The van der Waals surface area contributed by atoms with Crippen LogP contribution in [0.1, 0.15) is 0 Å². The summed E-state index contributed by atoms with van der Waals surface area (Å²) in [5.41, 5.74) is 9.95. The molecule has 0 spiro atoms. The van der Waals surface area contributed by atoms with Crippen LogP contribution >= 0.6 is 45.3 Å². The first-order valence-electron chi connectivity index (χ1n) is 18.9. The molecule has 0 bridgehead atoms. The molecule has 55 heavy (non-hydrogen) atoms. The maximum Gasteiger partial charge on any atom is 0.244 e. The van der Waals surface area contributed by atoms with Gasteiger partial charge in [0.25, 0.3) is 0 Å². The Labute approximate surface area is 330 Å². The van der Waals surface area contributed by atoms with Crippen molar-refractivity contribution >= 4 is 171 Å². The summed E-state index contributed by atoms with van der Waals surface area (Å²) in [7, 11) is 0. The average molecular weight is 763 g/mol. The molecule has 13 aromatic rings. The maximum atomic E-state index is 2.62. The Kier molecular flexibility index (Phi) is 5.14. The highest BCUT2D eigenvalue weighted by Crippen LogP contribution is 2.52. The van der Waals surface area contributed by atoms with Crippen LogP contribution in [-0.2, 0) is 0 Å². The minimum Gasteiger partial charge on any atom is -0.134 e. The zero-order valence-electron chi connectivity index (χ0n) is 29.0. The molecule has 15 rings (SSSR count). The van der Waals surface area contributed by atoms with Gasteiger partial charge in [-0.1, -0.05) is 120 Å². The number of hydrogen-bond acceptors (Lipinski definition) is 4. The molecule has 4 aromatic heterocycles. The Morgan fingerprint density at radius 2 is 0.636 bits per heavy atom. The second-order valence-electron chi connectivity index (χ2n) is 15.4. The summed E-state index contributed by atoms with van der Waals surface area (Å²) >= 11 is 7.90. The van der Waals surface area contributed by atoms with Crippen LogP contribution in [0.4, 0.5) is 0 Å². The van der Waals surface area contributed by atoms with E-state index in [4.69, 9.17) is 0 Å². The molecule has 0 unspecified atom stereocenters. The second kappa shape index (κ2) is 9.81. The van der Waals surface area contributed by atoms with Gasteiger partial charge in [-0.3, -0.25) is 0 Å². The lowest BCUT2D eigenvalue weighted by Crippen LogP contribution is -2.57. The number of hydrogen-bond donors (Lipinski definition) is 0. The molecule has 0 fully saturated rings. The topological polar surface area (TPSA) is 0 Å². The predicted octanol–water partition coefficient (Wildman–Crippen LogP) is 13.9. The third-order valence-electron chi connectivity index (χ3n) is 12.8. The van der Waals surface area contributed by atoms with Crippen molar-refractivity contribution in [3.8, 4) is 22.3 Å². The van der Waals surface area contributed by atoms with Crippen LogP contribution in [0.25, 0.3) is 124 Å². The van der Waals surface area contributed by atoms with Gasteiger partial charge in [-0.15, -0.1) is 45.3 Å². The van der Waals surface area contributed by atoms with E-state index in [1.54, 1.807) is 0 Å². The Hall–Kier alpha value is -5.56. The highest BCUT2D eigenvalue weighted by atomic mass is 32.1. The van der Waals surface area contributed by atoms with E-state index in [2.05, 4.69) is 140 Å². The summed E-state index contributed by atoms with van der Waals surface area (Å²) in [6.07, 6.45) is 0. The van der Waals surface area contributed by atoms with Gasteiger partial charge in [0, 0.05) is 91.5 Å². The van der Waals surface area contributed by atoms with Gasteiger partial charge >= 0.3 is 0 Å². The molecule has 5 heteroatoms. The van der Waals surface area contributed by atoms with Gasteiger partial charge in [-0.25, -0.2) is 0 Å². The van der Waals surface area contributed by atoms with Crippen molar-refractivity contribution in [3.05, 3.63) is 140 Å². The first-order valence-corrected chi connectivity index (χ1v) is 22.1. The standard InChI is InChI=1S/C50H23BS4/c1-5-16-38-24(10-1)32-20-30-28-14-9-15-29-31-21-33-25-11-2-6-17-39(25)53-48(33)45-43(31)37(23-35-27-13-4-8-19-41(27)55-50(35)45)51(46(28)29)36-22-34-26-12-3-7-18-40(26)54-49(34)44(42(30)36)47(32)52-38/h1-23H. The highest BCUT2D eigenvalue weighted by molar-refractivity contribution is 7.30. The molecular formula is C50H23BS4. The average Bonchev–Trinajstić information content (AvgIpc) is 4.00.